The van der Waals surface area contributed by atoms with Gasteiger partial charge in [-0.2, -0.15) is 0 Å². The molecule has 2 aromatic heterocycles. The highest BCUT2D eigenvalue weighted by Gasteiger charge is 2.26. The molecule has 0 radical (unpaired) electrons. The zero-order valence-corrected chi connectivity index (χ0v) is 17.8. The number of aryl methyl sites for hydroxylation is 2. The average molecular weight is 409 g/mol. The zero-order chi connectivity index (χ0) is 21.0. The van der Waals surface area contributed by atoms with Crippen molar-refractivity contribution in [1.29, 1.82) is 0 Å². The highest BCUT2D eigenvalue weighted by atomic mass is 32.1. The van der Waals surface area contributed by atoms with Crippen LogP contribution in [0.15, 0.2) is 15.7 Å². The molecular formula is C19H28N4O4S. The number of nitrogen functional groups attached to an aromatic ring is 1. The van der Waals surface area contributed by atoms with Crippen LogP contribution in [0.1, 0.15) is 40.9 Å². The van der Waals surface area contributed by atoms with E-state index in [0.717, 1.165) is 16.9 Å². The van der Waals surface area contributed by atoms with E-state index in [4.69, 9.17) is 10.5 Å². The fourth-order valence-electron chi connectivity index (χ4n) is 2.99. The van der Waals surface area contributed by atoms with Crippen LogP contribution in [-0.2, 0) is 17.7 Å². The number of nitrogens with one attached hydrogen (secondary N) is 1. The summed E-state index contributed by atoms with van der Waals surface area (Å²) in [6, 6.07) is 1.84. The third-order valence-electron chi connectivity index (χ3n) is 4.41. The first kappa shape index (κ1) is 21.9. The second-order valence-electron chi connectivity index (χ2n) is 6.99. The van der Waals surface area contributed by atoms with Crippen molar-refractivity contribution in [2.24, 2.45) is 5.92 Å². The second kappa shape index (κ2) is 9.20. The summed E-state index contributed by atoms with van der Waals surface area (Å²) in [6.45, 7) is 8.55. The van der Waals surface area contributed by atoms with E-state index in [9.17, 15) is 14.4 Å². The lowest BCUT2D eigenvalue weighted by Gasteiger charge is -2.24. The normalized spacial score (nSPS) is 11.2. The van der Waals surface area contributed by atoms with E-state index in [2.05, 4.69) is 4.98 Å². The lowest BCUT2D eigenvalue weighted by atomic mass is 10.2. The predicted molar refractivity (Wildman–Crippen MR) is 113 cm³/mol. The van der Waals surface area contributed by atoms with Gasteiger partial charge in [-0.05, 0) is 30.9 Å². The smallest absolute Gasteiger partial charge is 0.330 e. The number of thiophene rings is 1. The van der Waals surface area contributed by atoms with Crippen LogP contribution in [0.25, 0.3) is 0 Å². The fourth-order valence-corrected chi connectivity index (χ4v) is 4.05. The molecule has 8 nitrogen and oxygen atoms in total. The van der Waals surface area contributed by atoms with E-state index in [-0.39, 0.29) is 36.5 Å². The Hall–Kier alpha value is -2.39. The molecule has 0 saturated carbocycles. The number of H-pyrrole nitrogens is 1. The molecule has 1 amide bonds. The number of hydrogen-bond donors (Lipinski definition) is 2. The third-order valence-corrected chi connectivity index (χ3v) is 5.49. The van der Waals surface area contributed by atoms with Gasteiger partial charge in [0, 0.05) is 25.1 Å². The van der Waals surface area contributed by atoms with Gasteiger partial charge in [0.25, 0.3) is 11.5 Å². The lowest BCUT2D eigenvalue weighted by molar-refractivity contribution is 0.0979. The number of carbonyl (C=O) groups excluding carboxylic acids is 1. The van der Waals surface area contributed by atoms with E-state index in [1.54, 1.807) is 0 Å². The molecule has 2 rings (SSSR count). The molecule has 9 heteroatoms. The van der Waals surface area contributed by atoms with Crippen molar-refractivity contribution < 1.29 is 9.53 Å². The minimum Gasteiger partial charge on any atom is -0.383 e. The van der Waals surface area contributed by atoms with Crippen molar-refractivity contribution in [3.63, 3.8) is 0 Å². The summed E-state index contributed by atoms with van der Waals surface area (Å²) >= 11 is 1.38. The largest absolute Gasteiger partial charge is 0.383 e. The number of aromatic amines is 1. The Balaban J connectivity index is 2.60. The number of carbonyl (C=O) groups is 1. The number of rotatable bonds is 8. The van der Waals surface area contributed by atoms with Crippen LogP contribution in [-0.4, -0.2) is 35.7 Å². The summed E-state index contributed by atoms with van der Waals surface area (Å²) in [7, 11) is 1.51. The molecule has 0 aliphatic heterocycles. The maximum Gasteiger partial charge on any atom is 0.330 e. The lowest BCUT2D eigenvalue weighted by Crippen LogP contribution is -2.42. The van der Waals surface area contributed by atoms with Gasteiger partial charge in [0.2, 0.25) is 0 Å². The van der Waals surface area contributed by atoms with Crippen LogP contribution in [0.4, 0.5) is 11.5 Å². The van der Waals surface area contributed by atoms with E-state index < -0.39 is 11.2 Å². The van der Waals surface area contributed by atoms with E-state index in [1.165, 1.54) is 27.9 Å². The molecule has 3 N–H and O–H groups in total. The molecular weight excluding hydrogens is 380 g/mol. The van der Waals surface area contributed by atoms with Gasteiger partial charge in [0.15, 0.2) is 5.69 Å². The van der Waals surface area contributed by atoms with Gasteiger partial charge < -0.3 is 10.5 Å². The third kappa shape index (κ3) is 4.53. The Kier molecular flexibility index (Phi) is 7.20. The Bertz CT molecular complexity index is 958. The van der Waals surface area contributed by atoms with Gasteiger partial charge in [-0.25, -0.2) is 4.79 Å². The molecule has 28 heavy (non-hydrogen) atoms. The molecule has 0 atom stereocenters. The Morgan fingerprint density at radius 1 is 1.39 bits per heavy atom. The predicted octanol–water partition coefficient (Wildman–Crippen LogP) is 2.00. The van der Waals surface area contributed by atoms with Crippen molar-refractivity contribution in [3.05, 3.63) is 42.2 Å². The highest BCUT2D eigenvalue weighted by Crippen LogP contribution is 2.26. The van der Waals surface area contributed by atoms with Gasteiger partial charge in [0.05, 0.1) is 11.5 Å². The molecule has 0 fully saturated rings. The van der Waals surface area contributed by atoms with Crippen LogP contribution in [0.2, 0.25) is 0 Å². The molecule has 0 bridgehead atoms. The number of nitrogens with zero attached hydrogens (tertiary/aromatic N) is 2. The SMILES string of the molecule is CCc1cc(C(=O)N(CCOC)c2c(N)n(CC(C)C)c(=O)[nH]c2=O)sc1C. The molecule has 0 aromatic carbocycles. The minimum atomic E-state index is -0.684. The number of hydrogen-bond acceptors (Lipinski definition) is 6. The number of nitrogens with two attached hydrogens (primary N) is 1. The van der Waals surface area contributed by atoms with Gasteiger partial charge in [-0.15, -0.1) is 11.3 Å². The van der Waals surface area contributed by atoms with Crippen molar-refractivity contribution in [2.75, 3.05) is 30.9 Å². The topological polar surface area (TPSA) is 110 Å². The number of ether oxygens (including phenoxy) is 1. The Labute approximate surface area is 167 Å². The van der Waals surface area contributed by atoms with Crippen LogP contribution in [0.3, 0.4) is 0 Å². The van der Waals surface area contributed by atoms with Crippen molar-refractivity contribution in [3.8, 4) is 0 Å². The van der Waals surface area contributed by atoms with E-state index in [1.807, 2.05) is 33.8 Å². The van der Waals surface area contributed by atoms with Gasteiger partial charge in [-0.3, -0.25) is 24.0 Å². The van der Waals surface area contributed by atoms with E-state index >= 15 is 0 Å². The first-order valence-electron chi connectivity index (χ1n) is 9.23. The Morgan fingerprint density at radius 3 is 2.61 bits per heavy atom. The number of anilines is 2. The maximum absolute atomic E-state index is 13.2. The molecule has 0 aliphatic rings. The maximum atomic E-state index is 13.2. The van der Waals surface area contributed by atoms with Crippen molar-refractivity contribution in [1.82, 2.24) is 9.55 Å². The molecule has 0 spiro atoms. The van der Waals surface area contributed by atoms with Crippen LogP contribution >= 0.6 is 11.3 Å². The fraction of sp³-hybridized carbons (Fsp3) is 0.526. The van der Waals surface area contributed by atoms with Gasteiger partial charge in [-0.1, -0.05) is 20.8 Å². The van der Waals surface area contributed by atoms with Crippen LogP contribution in [0, 0.1) is 12.8 Å². The number of methoxy groups -OCH3 is 1. The average Bonchev–Trinajstić information content (AvgIpc) is 3.01. The minimum absolute atomic E-state index is 0.0177. The first-order valence-corrected chi connectivity index (χ1v) is 10.1. The summed E-state index contributed by atoms with van der Waals surface area (Å²) in [6.07, 6.45) is 0.815. The zero-order valence-electron chi connectivity index (χ0n) is 17.0. The van der Waals surface area contributed by atoms with Gasteiger partial charge in [0.1, 0.15) is 5.82 Å². The van der Waals surface area contributed by atoms with Crippen LogP contribution in [0.5, 0.6) is 0 Å². The molecule has 0 aliphatic carbocycles. The molecule has 2 heterocycles. The Morgan fingerprint density at radius 2 is 2.07 bits per heavy atom. The quantitative estimate of drug-likeness (QED) is 0.694. The summed E-state index contributed by atoms with van der Waals surface area (Å²) in [5.74, 6) is -0.221. The van der Waals surface area contributed by atoms with Crippen molar-refractivity contribution >= 4 is 28.7 Å². The summed E-state index contributed by atoms with van der Waals surface area (Å²) < 4.78 is 6.41. The summed E-state index contributed by atoms with van der Waals surface area (Å²) in [5, 5.41) is 0. The van der Waals surface area contributed by atoms with Crippen molar-refractivity contribution in [2.45, 2.75) is 40.7 Å². The number of amides is 1. The van der Waals surface area contributed by atoms with Crippen LogP contribution < -0.4 is 21.9 Å². The van der Waals surface area contributed by atoms with E-state index in [0.29, 0.717) is 11.4 Å². The summed E-state index contributed by atoms with van der Waals surface area (Å²) in [4.78, 5) is 43.2. The number of aromatic nitrogens is 2. The monoisotopic (exact) mass is 408 g/mol. The van der Waals surface area contributed by atoms with Gasteiger partial charge >= 0.3 is 5.69 Å². The first-order chi connectivity index (χ1) is 13.2. The highest BCUT2D eigenvalue weighted by molar-refractivity contribution is 7.14. The molecule has 2 aromatic rings. The summed E-state index contributed by atoms with van der Waals surface area (Å²) in [5.41, 5.74) is 5.99. The molecule has 154 valence electrons. The molecule has 0 unspecified atom stereocenters. The molecule has 0 saturated heterocycles. The standard InChI is InChI=1S/C19H28N4O4S/c1-6-13-9-14(28-12(13)4)18(25)22(7-8-27-5)15-16(20)23(10-11(2)3)19(26)21-17(15)24/h9,11H,6-8,10,20H2,1-5H3,(H,21,24,26). The second-order valence-corrected chi connectivity index (χ2v) is 8.25.